The van der Waals surface area contributed by atoms with Crippen LogP contribution in [0.3, 0.4) is 0 Å². The van der Waals surface area contributed by atoms with Crippen LogP contribution in [0.1, 0.15) is 23.0 Å². The lowest BCUT2D eigenvalue weighted by molar-refractivity contribution is 0.0523. The van der Waals surface area contributed by atoms with E-state index in [1.807, 2.05) is 18.2 Å². The minimum Gasteiger partial charge on any atom is -0.462 e. The molecule has 0 atom stereocenters. The number of aromatic nitrogens is 1. The average Bonchev–Trinajstić information content (AvgIpc) is 2.84. The summed E-state index contributed by atoms with van der Waals surface area (Å²) in [6.07, 6.45) is 0. The summed E-state index contributed by atoms with van der Waals surface area (Å²) in [6.45, 7) is 1.60. The first-order chi connectivity index (χ1) is 8.77. The molecular weight excluding hydrogens is 234 g/mol. The molecule has 94 valence electrons. The third kappa shape index (κ3) is 2.26. The second-order valence-corrected chi connectivity index (χ2v) is 3.58. The highest BCUT2D eigenvalue weighted by Crippen LogP contribution is 2.27. The van der Waals surface area contributed by atoms with Crippen molar-refractivity contribution in [2.75, 3.05) is 6.61 Å². The SMILES string of the molecule is CCOC(=O)c1c(CO)noc1-c1ccccc1. The lowest BCUT2D eigenvalue weighted by atomic mass is 10.1. The molecule has 2 rings (SSSR count). The summed E-state index contributed by atoms with van der Waals surface area (Å²) in [5.74, 6) is -0.222. The van der Waals surface area contributed by atoms with Crippen molar-refractivity contribution in [2.24, 2.45) is 0 Å². The lowest BCUT2D eigenvalue weighted by Crippen LogP contribution is -2.08. The largest absolute Gasteiger partial charge is 0.462 e. The summed E-state index contributed by atoms with van der Waals surface area (Å²) in [6, 6.07) is 9.10. The zero-order valence-electron chi connectivity index (χ0n) is 9.92. The number of esters is 1. The lowest BCUT2D eigenvalue weighted by Gasteiger charge is -2.02. The monoisotopic (exact) mass is 247 g/mol. The maximum absolute atomic E-state index is 11.8. The van der Waals surface area contributed by atoms with Gasteiger partial charge in [0.15, 0.2) is 5.76 Å². The molecule has 0 aliphatic carbocycles. The summed E-state index contributed by atoms with van der Waals surface area (Å²) in [5, 5.41) is 12.9. The molecule has 0 bridgehead atoms. The Kier molecular flexibility index (Phi) is 3.74. The van der Waals surface area contributed by atoms with E-state index in [2.05, 4.69) is 5.16 Å². The maximum Gasteiger partial charge on any atom is 0.344 e. The Bertz CT molecular complexity index is 533. The standard InChI is InChI=1S/C13H13NO4/c1-2-17-13(16)11-10(8-15)14-18-12(11)9-6-4-3-5-7-9/h3-7,15H,2,8H2,1H3. The van der Waals surface area contributed by atoms with E-state index in [0.29, 0.717) is 11.3 Å². The Balaban J connectivity index is 2.49. The fourth-order valence-corrected chi connectivity index (χ4v) is 1.63. The summed E-state index contributed by atoms with van der Waals surface area (Å²) in [7, 11) is 0. The van der Waals surface area contributed by atoms with Crippen LogP contribution in [0.25, 0.3) is 11.3 Å². The van der Waals surface area contributed by atoms with Gasteiger partial charge in [0.1, 0.15) is 11.3 Å². The molecule has 5 nitrogen and oxygen atoms in total. The van der Waals surface area contributed by atoms with E-state index in [0.717, 1.165) is 0 Å². The molecule has 0 aliphatic rings. The number of ether oxygens (including phenoxy) is 1. The molecule has 0 saturated carbocycles. The number of benzene rings is 1. The van der Waals surface area contributed by atoms with Gasteiger partial charge in [-0.1, -0.05) is 35.5 Å². The average molecular weight is 247 g/mol. The smallest absolute Gasteiger partial charge is 0.344 e. The van der Waals surface area contributed by atoms with Crippen LogP contribution in [0, 0.1) is 0 Å². The van der Waals surface area contributed by atoms with E-state index >= 15 is 0 Å². The van der Waals surface area contributed by atoms with Crippen LogP contribution in [-0.4, -0.2) is 22.8 Å². The minimum atomic E-state index is -0.540. The van der Waals surface area contributed by atoms with Crippen LogP contribution >= 0.6 is 0 Å². The van der Waals surface area contributed by atoms with Crippen molar-refractivity contribution in [3.8, 4) is 11.3 Å². The van der Waals surface area contributed by atoms with Crippen molar-refractivity contribution in [1.82, 2.24) is 5.16 Å². The zero-order chi connectivity index (χ0) is 13.0. The predicted molar refractivity (Wildman–Crippen MR) is 63.8 cm³/mol. The van der Waals surface area contributed by atoms with E-state index in [-0.39, 0.29) is 24.5 Å². The second kappa shape index (κ2) is 5.46. The molecule has 1 aromatic heterocycles. The van der Waals surface area contributed by atoms with Gasteiger partial charge in [0.25, 0.3) is 0 Å². The first-order valence-corrected chi connectivity index (χ1v) is 5.59. The van der Waals surface area contributed by atoms with E-state index in [1.165, 1.54) is 0 Å². The van der Waals surface area contributed by atoms with Gasteiger partial charge in [-0.05, 0) is 6.92 Å². The Hall–Kier alpha value is -2.14. The fraction of sp³-hybridized carbons (Fsp3) is 0.231. The van der Waals surface area contributed by atoms with Gasteiger partial charge in [0.05, 0.1) is 13.2 Å². The van der Waals surface area contributed by atoms with Crippen molar-refractivity contribution in [3.05, 3.63) is 41.6 Å². The summed E-state index contributed by atoms with van der Waals surface area (Å²) in [4.78, 5) is 11.8. The van der Waals surface area contributed by atoms with Crippen molar-refractivity contribution in [3.63, 3.8) is 0 Å². The number of hydrogen-bond acceptors (Lipinski definition) is 5. The minimum absolute atomic E-state index is 0.186. The zero-order valence-corrected chi connectivity index (χ0v) is 9.92. The topological polar surface area (TPSA) is 72.6 Å². The summed E-state index contributed by atoms with van der Waals surface area (Å²) >= 11 is 0. The Labute approximate surface area is 104 Å². The van der Waals surface area contributed by atoms with Crippen LogP contribution in [0.4, 0.5) is 0 Å². The van der Waals surface area contributed by atoms with E-state index in [9.17, 15) is 4.79 Å². The molecule has 0 aliphatic heterocycles. The van der Waals surface area contributed by atoms with Crippen LogP contribution in [-0.2, 0) is 11.3 Å². The number of carbonyl (C=O) groups is 1. The number of hydrogen-bond donors (Lipinski definition) is 1. The number of aliphatic hydroxyl groups is 1. The summed E-state index contributed by atoms with van der Waals surface area (Å²) in [5.41, 5.74) is 1.09. The second-order valence-electron chi connectivity index (χ2n) is 3.58. The van der Waals surface area contributed by atoms with Gasteiger partial charge in [-0.25, -0.2) is 4.79 Å². The number of aliphatic hydroxyl groups excluding tert-OH is 1. The molecule has 0 unspecified atom stereocenters. The Morgan fingerprint density at radius 1 is 1.39 bits per heavy atom. The first kappa shape index (κ1) is 12.3. The van der Waals surface area contributed by atoms with E-state index in [4.69, 9.17) is 14.4 Å². The van der Waals surface area contributed by atoms with E-state index in [1.54, 1.807) is 19.1 Å². The van der Waals surface area contributed by atoms with Gasteiger partial charge < -0.3 is 14.4 Å². The maximum atomic E-state index is 11.8. The number of rotatable bonds is 4. The third-order valence-electron chi connectivity index (χ3n) is 2.43. The van der Waals surface area contributed by atoms with Gasteiger partial charge in [-0.2, -0.15) is 0 Å². The molecule has 5 heteroatoms. The van der Waals surface area contributed by atoms with Gasteiger partial charge in [0.2, 0.25) is 0 Å². The van der Waals surface area contributed by atoms with Gasteiger partial charge in [-0.15, -0.1) is 0 Å². The molecule has 0 saturated heterocycles. The Morgan fingerprint density at radius 3 is 2.72 bits per heavy atom. The molecular formula is C13H13NO4. The van der Waals surface area contributed by atoms with Crippen LogP contribution in [0.5, 0.6) is 0 Å². The normalized spacial score (nSPS) is 10.3. The van der Waals surface area contributed by atoms with Crippen molar-refractivity contribution < 1.29 is 19.2 Å². The molecule has 0 spiro atoms. The third-order valence-corrected chi connectivity index (χ3v) is 2.43. The quantitative estimate of drug-likeness (QED) is 0.837. The van der Waals surface area contributed by atoms with Gasteiger partial charge >= 0.3 is 5.97 Å². The van der Waals surface area contributed by atoms with Gasteiger partial charge in [0, 0.05) is 5.56 Å². The van der Waals surface area contributed by atoms with Crippen molar-refractivity contribution in [1.29, 1.82) is 0 Å². The molecule has 0 amide bonds. The summed E-state index contributed by atoms with van der Waals surface area (Å²) < 4.78 is 10.1. The molecule has 0 radical (unpaired) electrons. The fourth-order valence-electron chi connectivity index (χ4n) is 1.63. The highest BCUT2D eigenvalue weighted by molar-refractivity contribution is 5.96. The van der Waals surface area contributed by atoms with E-state index < -0.39 is 5.97 Å². The van der Waals surface area contributed by atoms with Crippen LogP contribution in [0.2, 0.25) is 0 Å². The van der Waals surface area contributed by atoms with Gasteiger partial charge in [-0.3, -0.25) is 0 Å². The Morgan fingerprint density at radius 2 is 2.11 bits per heavy atom. The molecule has 0 fully saturated rings. The predicted octanol–water partition coefficient (Wildman–Crippen LogP) is 2.01. The van der Waals surface area contributed by atoms with Crippen LogP contribution < -0.4 is 0 Å². The van der Waals surface area contributed by atoms with Crippen LogP contribution in [0.15, 0.2) is 34.9 Å². The molecule has 2 aromatic rings. The highest BCUT2D eigenvalue weighted by atomic mass is 16.5. The first-order valence-electron chi connectivity index (χ1n) is 5.59. The number of nitrogens with zero attached hydrogens (tertiary/aromatic N) is 1. The molecule has 1 aromatic carbocycles. The number of carbonyl (C=O) groups excluding carboxylic acids is 1. The molecule has 18 heavy (non-hydrogen) atoms. The molecule has 1 N–H and O–H groups in total. The highest BCUT2D eigenvalue weighted by Gasteiger charge is 2.24. The van der Waals surface area contributed by atoms with Crippen molar-refractivity contribution >= 4 is 5.97 Å². The molecule has 1 heterocycles. The van der Waals surface area contributed by atoms with Crippen molar-refractivity contribution in [2.45, 2.75) is 13.5 Å².